The normalized spacial score (nSPS) is 21.8. The van der Waals surface area contributed by atoms with Gasteiger partial charge in [0.1, 0.15) is 0 Å². The number of hydrogen-bond donors (Lipinski definition) is 1. The number of nitrogens with two attached hydrogens (primary N) is 1. The van der Waals surface area contributed by atoms with Crippen molar-refractivity contribution in [2.45, 2.75) is 32.4 Å². The molecule has 0 aromatic carbocycles. The number of aryl methyl sites for hydroxylation is 1. The molecule has 1 aliphatic heterocycles. The van der Waals surface area contributed by atoms with E-state index in [1.807, 2.05) is 12.0 Å². The Balaban J connectivity index is 2.23. The van der Waals surface area contributed by atoms with E-state index in [1.165, 1.54) is 10.4 Å². The van der Waals surface area contributed by atoms with Gasteiger partial charge in [0.15, 0.2) is 0 Å². The van der Waals surface area contributed by atoms with E-state index in [9.17, 15) is 0 Å². The Labute approximate surface area is 94.8 Å². The average Bonchev–Trinajstić information content (AvgIpc) is 2.79. The van der Waals surface area contributed by atoms with Crippen molar-refractivity contribution in [2.24, 2.45) is 5.73 Å². The van der Waals surface area contributed by atoms with Crippen LogP contribution in [0.15, 0.2) is 11.4 Å². The standard InChI is InChI=1S/C11H18N2OS/c1-8-4-7-15-11(8)10(9(2)12)13-5-3-6-14-13/h4,7,9-10H,3,5-6,12H2,1-2H3. The third-order valence-electron chi connectivity index (χ3n) is 2.76. The van der Waals surface area contributed by atoms with Gasteiger partial charge in [0.2, 0.25) is 0 Å². The molecule has 1 aromatic heterocycles. The second-order valence-corrected chi connectivity index (χ2v) is 5.05. The summed E-state index contributed by atoms with van der Waals surface area (Å²) in [5, 5.41) is 4.17. The lowest BCUT2D eigenvalue weighted by atomic mass is 10.1. The topological polar surface area (TPSA) is 38.5 Å². The van der Waals surface area contributed by atoms with E-state index in [1.54, 1.807) is 11.3 Å². The molecule has 2 N–H and O–H groups in total. The molecule has 1 aromatic rings. The average molecular weight is 226 g/mol. The Hall–Kier alpha value is -0.420. The fourth-order valence-electron chi connectivity index (χ4n) is 2.01. The van der Waals surface area contributed by atoms with Crippen LogP contribution in [-0.4, -0.2) is 24.3 Å². The molecule has 2 atom stereocenters. The maximum absolute atomic E-state index is 6.06. The Kier molecular flexibility index (Phi) is 3.41. The summed E-state index contributed by atoms with van der Waals surface area (Å²) in [4.78, 5) is 6.95. The molecular formula is C11H18N2OS. The van der Waals surface area contributed by atoms with E-state index in [-0.39, 0.29) is 12.1 Å². The monoisotopic (exact) mass is 226 g/mol. The summed E-state index contributed by atoms with van der Waals surface area (Å²) in [6.45, 7) is 6.00. The van der Waals surface area contributed by atoms with Gasteiger partial charge in [-0.05, 0) is 37.3 Å². The van der Waals surface area contributed by atoms with Crippen LogP contribution in [0.25, 0.3) is 0 Å². The van der Waals surface area contributed by atoms with E-state index >= 15 is 0 Å². The number of hydroxylamine groups is 2. The third-order valence-corrected chi connectivity index (χ3v) is 3.85. The minimum absolute atomic E-state index is 0.0976. The molecule has 3 nitrogen and oxygen atoms in total. The number of nitrogens with zero attached hydrogens (tertiary/aromatic N) is 1. The molecule has 0 aliphatic carbocycles. The highest BCUT2D eigenvalue weighted by Crippen LogP contribution is 2.32. The largest absolute Gasteiger partial charge is 0.326 e. The molecule has 1 saturated heterocycles. The molecular weight excluding hydrogens is 208 g/mol. The highest BCUT2D eigenvalue weighted by molar-refractivity contribution is 7.10. The van der Waals surface area contributed by atoms with Crippen molar-refractivity contribution in [3.05, 3.63) is 21.9 Å². The van der Waals surface area contributed by atoms with E-state index in [2.05, 4.69) is 18.4 Å². The molecule has 0 amide bonds. The van der Waals surface area contributed by atoms with E-state index < -0.39 is 0 Å². The van der Waals surface area contributed by atoms with Gasteiger partial charge in [-0.15, -0.1) is 11.3 Å². The summed E-state index contributed by atoms with van der Waals surface area (Å²) in [5.74, 6) is 0. The SMILES string of the molecule is Cc1ccsc1C(C(C)N)N1CCCO1. The van der Waals surface area contributed by atoms with Crippen molar-refractivity contribution in [2.75, 3.05) is 13.2 Å². The quantitative estimate of drug-likeness (QED) is 0.857. The minimum Gasteiger partial charge on any atom is -0.326 e. The van der Waals surface area contributed by atoms with E-state index in [0.29, 0.717) is 0 Å². The van der Waals surface area contributed by atoms with Gasteiger partial charge in [-0.1, -0.05) is 0 Å². The second kappa shape index (κ2) is 4.61. The van der Waals surface area contributed by atoms with Crippen molar-refractivity contribution < 1.29 is 4.84 Å². The maximum Gasteiger partial charge on any atom is 0.0845 e. The van der Waals surface area contributed by atoms with Gasteiger partial charge in [0, 0.05) is 17.5 Å². The van der Waals surface area contributed by atoms with Crippen molar-refractivity contribution in [1.29, 1.82) is 0 Å². The molecule has 0 bridgehead atoms. The van der Waals surface area contributed by atoms with Gasteiger partial charge in [0.05, 0.1) is 12.6 Å². The molecule has 0 spiro atoms. The lowest BCUT2D eigenvalue weighted by molar-refractivity contribution is -0.146. The van der Waals surface area contributed by atoms with Gasteiger partial charge >= 0.3 is 0 Å². The zero-order valence-corrected chi connectivity index (χ0v) is 10.1. The predicted molar refractivity (Wildman–Crippen MR) is 62.7 cm³/mol. The van der Waals surface area contributed by atoms with Crippen LogP contribution in [0.3, 0.4) is 0 Å². The molecule has 0 radical (unpaired) electrons. The minimum atomic E-state index is 0.0976. The van der Waals surface area contributed by atoms with Gasteiger partial charge in [-0.2, -0.15) is 5.06 Å². The highest BCUT2D eigenvalue weighted by atomic mass is 32.1. The smallest absolute Gasteiger partial charge is 0.0845 e. The van der Waals surface area contributed by atoms with Crippen LogP contribution < -0.4 is 5.73 Å². The fourth-order valence-corrected chi connectivity index (χ4v) is 3.15. The molecule has 1 aliphatic rings. The molecule has 84 valence electrons. The summed E-state index contributed by atoms with van der Waals surface area (Å²) in [7, 11) is 0. The fraction of sp³-hybridized carbons (Fsp3) is 0.636. The van der Waals surface area contributed by atoms with Crippen LogP contribution in [0.4, 0.5) is 0 Å². The van der Waals surface area contributed by atoms with Crippen molar-refractivity contribution >= 4 is 11.3 Å². The van der Waals surface area contributed by atoms with Gasteiger partial charge in [-0.3, -0.25) is 4.84 Å². The first-order valence-electron chi connectivity index (χ1n) is 5.39. The first-order chi connectivity index (χ1) is 7.20. The van der Waals surface area contributed by atoms with Crippen LogP contribution in [0.2, 0.25) is 0 Å². The Bertz CT molecular complexity index is 318. The number of hydrogen-bond acceptors (Lipinski definition) is 4. The number of rotatable bonds is 3. The summed E-state index contributed by atoms with van der Waals surface area (Å²) in [5.41, 5.74) is 7.38. The summed E-state index contributed by atoms with van der Waals surface area (Å²) in [6, 6.07) is 2.46. The third kappa shape index (κ3) is 2.23. The van der Waals surface area contributed by atoms with Crippen molar-refractivity contribution in [1.82, 2.24) is 5.06 Å². The van der Waals surface area contributed by atoms with Gasteiger partial charge in [-0.25, -0.2) is 0 Å². The molecule has 2 rings (SSSR count). The maximum atomic E-state index is 6.06. The van der Waals surface area contributed by atoms with E-state index in [0.717, 1.165) is 19.6 Å². The molecule has 15 heavy (non-hydrogen) atoms. The van der Waals surface area contributed by atoms with Crippen LogP contribution in [0, 0.1) is 6.92 Å². The predicted octanol–water partition coefficient (Wildman–Crippen LogP) is 2.08. The van der Waals surface area contributed by atoms with Crippen molar-refractivity contribution in [3.8, 4) is 0 Å². The second-order valence-electron chi connectivity index (χ2n) is 4.10. The van der Waals surface area contributed by atoms with Crippen LogP contribution in [0.5, 0.6) is 0 Å². The molecule has 1 fully saturated rings. The Morgan fingerprint density at radius 1 is 1.60 bits per heavy atom. The Morgan fingerprint density at radius 2 is 2.40 bits per heavy atom. The summed E-state index contributed by atoms with van der Waals surface area (Å²) >= 11 is 1.77. The first-order valence-corrected chi connectivity index (χ1v) is 6.27. The van der Waals surface area contributed by atoms with Crippen molar-refractivity contribution in [3.63, 3.8) is 0 Å². The number of thiophene rings is 1. The van der Waals surface area contributed by atoms with Crippen LogP contribution in [0.1, 0.15) is 29.8 Å². The lowest BCUT2D eigenvalue weighted by Gasteiger charge is -2.28. The molecule has 2 unspecified atom stereocenters. The first kappa shape index (κ1) is 11.1. The van der Waals surface area contributed by atoms with Gasteiger partial charge < -0.3 is 5.73 Å². The summed E-state index contributed by atoms with van der Waals surface area (Å²) in [6.07, 6.45) is 1.10. The van der Waals surface area contributed by atoms with E-state index in [4.69, 9.17) is 10.6 Å². The van der Waals surface area contributed by atoms with Crippen LogP contribution >= 0.6 is 11.3 Å². The zero-order chi connectivity index (χ0) is 10.8. The summed E-state index contributed by atoms with van der Waals surface area (Å²) < 4.78 is 0. The lowest BCUT2D eigenvalue weighted by Crippen LogP contribution is -2.37. The highest BCUT2D eigenvalue weighted by Gasteiger charge is 2.29. The van der Waals surface area contributed by atoms with Gasteiger partial charge in [0.25, 0.3) is 0 Å². The molecule has 4 heteroatoms. The Morgan fingerprint density at radius 3 is 2.87 bits per heavy atom. The van der Waals surface area contributed by atoms with Crippen LogP contribution in [-0.2, 0) is 4.84 Å². The zero-order valence-electron chi connectivity index (χ0n) is 9.27. The molecule has 2 heterocycles. The molecule has 0 saturated carbocycles.